The highest BCUT2D eigenvalue weighted by molar-refractivity contribution is 7.98. The van der Waals surface area contributed by atoms with Gasteiger partial charge in [-0.3, -0.25) is 4.98 Å². The number of H-pyrrole nitrogens is 1. The molecule has 0 saturated heterocycles. The molecule has 0 spiro atoms. The van der Waals surface area contributed by atoms with Crippen LogP contribution in [0.2, 0.25) is 0 Å². The number of thioether (sulfide) groups is 1. The standard InChI is InChI=1S/C24H28N4O2S/c1-16-6-7-17(2)28(16)19-8-9-20-21(14-19)27-24(26-20)31-15-22-18(3)23(10-11-25-22)30-13-5-12-29-4/h6-11,14H,5,12-13,15H2,1-4H3,(H,26,27). The summed E-state index contributed by atoms with van der Waals surface area (Å²) >= 11 is 1.65. The van der Waals surface area contributed by atoms with Crippen LogP contribution in [0.3, 0.4) is 0 Å². The number of aromatic nitrogens is 4. The van der Waals surface area contributed by atoms with Gasteiger partial charge in [-0.05, 0) is 57.2 Å². The Kier molecular flexibility index (Phi) is 6.63. The molecule has 0 fully saturated rings. The van der Waals surface area contributed by atoms with Crippen LogP contribution in [0.5, 0.6) is 5.75 Å². The number of hydrogen-bond acceptors (Lipinski definition) is 5. The number of ether oxygens (including phenoxy) is 2. The number of benzene rings is 1. The Labute approximate surface area is 187 Å². The number of rotatable bonds is 9. The predicted octanol–water partition coefficient (Wildman–Crippen LogP) is 5.38. The number of pyridine rings is 1. The van der Waals surface area contributed by atoms with E-state index in [9.17, 15) is 0 Å². The molecule has 4 aromatic rings. The van der Waals surface area contributed by atoms with E-state index >= 15 is 0 Å². The lowest BCUT2D eigenvalue weighted by molar-refractivity contribution is 0.172. The first-order valence-electron chi connectivity index (χ1n) is 10.4. The fourth-order valence-corrected chi connectivity index (χ4v) is 4.55. The van der Waals surface area contributed by atoms with E-state index in [4.69, 9.17) is 14.5 Å². The molecule has 0 amide bonds. The first-order valence-corrected chi connectivity index (χ1v) is 11.4. The number of imidazole rings is 1. The lowest BCUT2D eigenvalue weighted by atomic mass is 10.2. The Morgan fingerprint density at radius 3 is 2.61 bits per heavy atom. The van der Waals surface area contributed by atoms with Crippen LogP contribution >= 0.6 is 11.8 Å². The number of nitrogens with one attached hydrogen (secondary N) is 1. The number of hydrogen-bond donors (Lipinski definition) is 1. The molecule has 0 bridgehead atoms. The molecule has 7 heteroatoms. The van der Waals surface area contributed by atoms with E-state index in [1.165, 1.54) is 11.4 Å². The third kappa shape index (κ3) is 4.78. The minimum Gasteiger partial charge on any atom is -0.493 e. The van der Waals surface area contributed by atoms with Crippen LogP contribution in [0.25, 0.3) is 16.7 Å². The van der Waals surface area contributed by atoms with Gasteiger partial charge in [-0.2, -0.15) is 0 Å². The Morgan fingerprint density at radius 2 is 1.84 bits per heavy atom. The minimum absolute atomic E-state index is 0.636. The normalized spacial score (nSPS) is 11.4. The van der Waals surface area contributed by atoms with Crippen LogP contribution in [0.15, 0.2) is 47.8 Å². The second-order valence-corrected chi connectivity index (χ2v) is 8.52. The summed E-state index contributed by atoms with van der Waals surface area (Å²) in [5.74, 6) is 1.61. The summed E-state index contributed by atoms with van der Waals surface area (Å²) in [6, 6.07) is 12.5. The van der Waals surface area contributed by atoms with Gasteiger partial charge in [0, 0.05) is 54.7 Å². The molecule has 0 aliphatic carbocycles. The van der Waals surface area contributed by atoms with Crippen molar-refractivity contribution in [3.05, 3.63) is 65.2 Å². The fraction of sp³-hybridized carbons (Fsp3) is 0.333. The van der Waals surface area contributed by atoms with Gasteiger partial charge in [-0.25, -0.2) is 4.98 Å². The number of fused-ring (bicyclic) bond motifs is 1. The molecule has 6 nitrogen and oxygen atoms in total. The van der Waals surface area contributed by atoms with E-state index in [0.29, 0.717) is 13.2 Å². The summed E-state index contributed by atoms with van der Waals surface area (Å²) in [7, 11) is 1.70. The van der Waals surface area contributed by atoms with Gasteiger partial charge in [0.15, 0.2) is 5.16 Å². The summed E-state index contributed by atoms with van der Waals surface area (Å²) in [5.41, 5.74) is 7.64. The molecule has 3 aromatic heterocycles. The van der Waals surface area contributed by atoms with Gasteiger partial charge < -0.3 is 19.0 Å². The average Bonchev–Trinajstić information content (AvgIpc) is 3.32. The molecular formula is C24H28N4O2S. The summed E-state index contributed by atoms with van der Waals surface area (Å²) in [6.07, 6.45) is 2.67. The predicted molar refractivity (Wildman–Crippen MR) is 125 cm³/mol. The van der Waals surface area contributed by atoms with Crippen molar-refractivity contribution in [2.45, 2.75) is 38.1 Å². The van der Waals surface area contributed by atoms with Crippen molar-refractivity contribution in [1.29, 1.82) is 0 Å². The first-order chi connectivity index (χ1) is 15.1. The van der Waals surface area contributed by atoms with Gasteiger partial charge in [0.2, 0.25) is 0 Å². The highest BCUT2D eigenvalue weighted by atomic mass is 32.2. The van der Waals surface area contributed by atoms with Gasteiger partial charge >= 0.3 is 0 Å². The second-order valence-electron chi connectivity index (χ2n) is 7.56. The Hall–Kier alpha value is -2.77. The van der Waals surface area contributed by atoms with Crippen LogP contribution in [-0.2, 0) is 10.5 Å². The fourth-order valence-electron chi connectivity index (χ4n) is 3.64. The summed E-state index contributed by atoms with van der Waals surface area (Å²) in [6.45, 7) is 7.63. The number of aromatic amines is 1. The Morgan fingerprint density at radius 1 is 1.03 bits per heavy atom. The molecule has 0 radical (unpaired) electrons. The van der Waals surface area contributed by atoms with Crippen LogP contribution in [0.1, 0.15) is 29.1 Å². The molecule has 4 rings (SSSR count). The molecule has 0 aliphatic heterocycles. The zero-order chi connectivity index (χ0) is 21.8. The van der Waals surface area contributed by atoms with Crippen molar-refractivity contribution < 1.29 is 9.47 Å². The summed E-state index contributed by atoms with van der Waals surface area (Å²) in [4.78, 5) is 12.8. The van der Waals surface area contributed by atoms with E-state index in [1.807, 2.05) is 6.07 Å². The van der Waals surface area contributed by atoms with E-state index in [2.05, 4.69) is 65.6 Å². The van der Waals surface area contributed by atoms with E-state index in [-0.39, 0.29) is 0 Å². The lowest BCUT2D eigenvalue weighted by Crippen LogP contribution is -2.04. The topological polar surface area (TPSA) is 65.0 Å². The van der Waals surface area contributed by atoms with Crippen LogP contribution < -0.4 is 4.74 Å². The molecule has 162 valence electrons. The van der Waals surface area contributed by atoms with Crippen LogP contribution in [-0.4, -0.2) is 39.8 Å². The smallest absolute Gasteiger partial charge is 0.166 e. The first kappa shape index (κ1) is 21.5. The molecule has 0 aliphatic rings. The van der Waals surface area contributed by atoms with E-state index in [0.717, 1.165) is 51.1 Å². The molecule has 1 N–H and O–H groups in total. The second kappa shape index (κ2) is 9.58. The SMILES string of the molecule is COCCCOc1ccnc(CSc2nc3cc(-n4c(C)ccc4C)ccc3[nH]2)c1C. The third-order valence-corrected chi connectivity index (χ3v) is 6.21. The largest absolute Gasteiger partial charge is 0.493 e. The van der Waals surface area contributed by atoms with Gasteiger partial charge in [0.1, 0.15) is 5.75 Å². The quantitative estimate of drug-likeness (QED) is 0.282. The lowest BCUT2D eigenvalue weighted by Gasteiger charge is -2.11. The van der Waals surface area contributed by atoms with Crippen molar-refractivity contribution in [2.75, 3.05) is 20.3 Å². The van der Waals surface area contributed by atoms with Crippen molar-refractivity contribution >= 4 is 22.8 Å². The summed E-state index contributed by atoms with van der Waals surface area (Å²) in [5, 5.41) is 0.890. The molecule has 0 unspecified atom stereocenters. The van der Waals surface area contributed by atoms with Crippen molar-refractivity contribution in [3.63, 3.8) is 0 Å². The highest BCUT2D eigenvalue weighted by Crippen LogP contribution is 2.28. The van der Waals surface area contributed by atoms with Gasteiger partial charge in [0.05, 0.1) is 23.3 Å². The van der Waals surface area contributed by atoms with Gasteiger partial charge in [-0.1, -0.05) is 11.8 Å². The maximum Gasteiger partial charge on any atom is 0.166 e. The zero-order valence-corrected chi connectivity index (χ0v) is 19.3. The zero-order valence-electron chi connectivity index (χ0n) is 18.4. The Balaban J connectivity index is 1.47. The maximum atomic E-state index is 5.89. The Bertz CT molecular complexity index is 1160. The van der Waals surface area contributed by atoms with Crippen molar-refractivity contribution in [1.82, 2.24) is 19.5 Å². The molecule has 1 aromatic carbocycles. The van der Waals surface area contributed by atoms with Crippen LogP contribution in [0, 0.1) is 20.8 Å². The molecular weight excluding hydrogens is 408 g/mol. The maximum absolute atomic E-state index is 5.89. The van der Waals surface area contributed by atoms with Crippen molar-refractivity contribution in [3.8, 4) is 11.4 Å². The third-order valence-electron chi connectivity index (χ3n) is 5.33. The monoisotopic (exact) mass is 436 g/mol. The van der Waals surface area contributed by atoms with E-state index in [1.54, 1.807) is 25.1 Å². The minimum atomic E-state index is 0.636. The molecule has 31 heavy (non-hydrogen) atoms. The molecule has 3 heterocycles. The number of methoxy groups -OCH3 is 1. The van der Waals surface area contributed by atoms with Crippen molar-refractivity contribution in [2.24, 2.45) is 0 Å². The highest BCUT2D eigenvalue weighted by Gasteiger charge is 2.11. The number of nitrogens with zero attached hydrogens (tertiary/aromatic N) is 3. The number of aryl methyl sites for hydroxylation is 2. The summed E-state index contributed by atoms with van der Waals surface area (Å²) < 4.78 is 13.2. The average molecular weight is 437 g/mol. The van der Waals surface area contributed by atoms with E-state index < -0.39 is 0 Å². The van der Waals surface area contributed by atoms with Gasteiger partial charge in [-0.15, -0.1) is 0 Å². The molecule has 0 atom stereocenters. The van der Waals surface area contributed by atoms with Gasteiger partial charge in [0.25, 0.3) is 0 Å². The van der Waals surface area contributed by atoms with Crippen LogP contribution in [0.4, 0.5) is 0 Å². The molecule has 0 saturated carbocycles.